The molecule has 0 bridgehead atoms. The van der Waals surface area contributed by atoms with Crippen LogP contribution in [0.1, 0.15) is 5.69 Å². The Balaban J connectivity index is 2.18. The third-order valence-electron chi connectivity index (χ3n) is 2.29. The molecule has 0 spiro atoms. The number of rotatable bonds is 4. The maximum atomic E-state index is 11.9. The first-order valence-corrected chi connectivity index (χ1v) is 6.63. The molecule has 0 radical (unpaired) electrons. The molecule has 0 fully saturated rings. The van der Waals surface area contributed by atoms with Gasteiger partial charge in [-0.25, -0.2) is 13.1 Å². The van der Waals surface area contributed by atoms with E-state index in [1.165, 1.54) is 6.20 Å². The Morgan fingerprint density at radius 3 is 2.83 bits per heavy atom. The minimum Gasteiger partial charge on any atom is -0.366 e. The van der Waals surface area contributed by atoms with Crippen molar-refractivity contribution in [2.45, 2.75) is 11.4 Å². The van der Waals surface area contributed by atoms with Crippen molar-refractivity contribution >= 4 is 10.0 Å². The van der Waals surface area contributed by atoms with E-state index in [2.05, 4.69) is 14.8 Å². The van der Waals surface area contributed by atoms with Gasteiger partial charge in [-0.1, -0.05) is 0 Å². The molecule has 18 heavy (non-hydrogen) atoms. The molecule has 2 aromatic rings. The average molecular weight is 268 g/mol. The van der Waals surface area contributed by atoms with Crippen molar-refractivity contribution in [2.24, 2.45) is 7.05 Å². The predicted molar refractivity (Wildman–Crippen MR) is 64.3 cm³/mol. The smallest absolute Gasteiger partial charge is 0.246 e. The molecule has 0 atom stereocenters. The molecule has 0 saturated heterocycles. The molecule has 0 aliphatic rings. The molecule has 0 saturated carbocycles. The van der Waals surface area contributed by atoms with E-state index >= 15 is 0 Å². The van der Waals surface area contributed by atoms with Crippen LogP contribution in [0.2, 0.25) is 0 Å². The number of hydrogen-bond donors (Lipinski definition) is 2. The summed E-state index contributed by atoms with van der Waals surface area (Å²) in [4.78, 5) is 13.7. The van der Waals surface area contributed by atoms with Gasteiger partial charge in [0.25, 0.3) is 0 Å². The summed E-state index contributed by atoms with van der Waals surface area (Å²) in [5.74, 6) is 0. The first kappa shape index (κ1) is 12.5. The van der Waals surface area contributed by atoms with E-state index in [-0.39, 0.29) is 11.4 Å². The van der Waals surface area contributed by atoms with Crippen LogP contribution in [0.25, 0.3) is 0 Å². The third kappa shape index (κ3) is 2.66. The SMILES string of the molecule is Cn1ccc(CNS(=O)(=O)c2c[nH]ccc2=O)n1. The minimum atomic E-state index is -3.82. The zero-order valence-corrected chi connectivity index (χ0v) is 10.4. The Kier molecular flexibility index (Phi) is 3.30. The highest BCUT2D eigenvalue weighted by Crippen LogP contribution is 2.02. The van der Waals surface area contributed by atoms with Crippen molar-refractivity contribution < 1.29 is 8.42 Å². The Labute approximate surface area is 104 Å². The predicted octanol–water partition coefficient (Wildman–Crippen LogP) is -0.413. The number of aromatic nitrogens is 3. The number of pyridine rings is 1. The fourth-order valence-electron chi connectivity index (χ4n) is 1.42. The first-order valence-electron chi connectivity index (χ1n) is 5.14. The molecule has 0 unspecified atom stereocenters. The van der Waals surface area contributed by atoms with Gasteiger partial charge in [0.2, 0.25) is 15.5 Å². The van der Waals surface area contributed by atoms with Gasteiger partial charge in [-0.3, -0.25) is 9.48 Å². The van der Waals surface area contributed by atoms with Gasteiger partial charge in [0, 0.05) is 31.7 Å². The van der Waals surface area contributed by atoms with E-state index in [0.717, 1.165) is 12.3 Å². The maximum absolute atomic E-state index is 11.9. The summed E-state index contributed by atoms with van der Waals surface area (Å²) in [6.07, 6.45) is 4.24. The molecule has 96 valence electrons. The fourth-order valence-corrected chi connectivity index (χ4v) is 2.46. The van der Waals surface area contributed by atoms with Crippen LogP contribution in [0.15, 0.2) is 40.4 Å². The molecule has 2 heterocycles. The van der Waals surface area contributed by atoms with E-state index in [9.17, 15) is 13.2 Å². The molecule has 2 aromatic heterocycles. The number of H-pyrrole nitrogens is 1. The zero-order chi connectivity index (χ0) is 13.2. The van der Waals surface area contributed by atoms with Crippen LogP contribution in [0, 0.1) is 0 Å². The quantitative estimate of drug-likeness (QED) is 0.787. The normalized spacial score (nSPS) is 11.6. The van der Waals surface area contributed by atoms with Crippen LogP contribution < -0.4 is 10.2 Å². The average Bonchev–Trinajstić information content (AvgIpc) is 2.73. The second-order valence-electron chi connectivity index (χ2n) is 3.68. The molecule has 0 aliphatic carbocycles. The van der Waals surface area contributed by atoms with Gasteiger partial charge in [0.15, 0.2) is 0 Å². The van der Waals surface area contributed by atoms with Crippen LogP contribution in [0.3, 0.4) is 0 Å². The molecule has 0 amide bonds. The van der Waals surface area contributed by atoms with E-state index in [1.807, 2.05) is 0 Å². The van der Waals surface area contributed by atoms with Gasteiger partial charge in [-0.15, -0.1) is 0 Å². The van der Waals surface area contributed by atoms with Gasteiger partial charge >= 0.3 is 0 Å². The van der Waals surface area contributed by atoms with Gasteiger partial charge in [-0.05, 0) is 6.07 Å². The van der Waals surface area contributed by atoms with Crippen molar-refractivity contribution in [1.82, 2.24) is 19.5 Å². The Hall–Kier alpha value is -1.93. The zero-order valence-electron chi connectivity index (χ0n) is 9.62. The number of nitrogens with one attached hydrogen (secondary N) is 2. The van der Waals surface area contributed by atoms with Crippen molar-refractivity contribution in [3.8, 4) is 0 Å². The summed E-state index contributed by atoms with van der Waals surface area (Å²) < 4.78 is 27.6. The van der Waals surface area contributed by atoms with Crippen molar-refractivity contribution in [3.63, 3.8) is 0 Å². The van der Waals surface area contributed by atoms with E-state index in [1.54, 1.807) is 24.0 Å². The molecule has 0 aromatic carbocycles. The van der Waals surface area contributed by atoms with Crippen molar-refractivity contribution in [3.05, 3.63) is 46.6 Å². The monoisotopic (exact) mass is 268 g/mol. The summed E-state index contributed by atoms with van der Waals surface area (Å²) in [6.45, 7) is 0.0392. The summed E-state index contributed by atoms with van der Waals surface area (Å²) in [5, 5.41) is 4.03. The highest BCUT2D eigenvalue weighted by Gasteiger charge is 2.17. The second-order valence-corrected chi connectivity index (χ2v) is 5.41. The molecule has 0 aliphatic heterocycles. The van der Waals surface area contributed by atoms with Crippen LogP contribution in [-0.2, 0) is 23.6 Å². The molecule has 2 rings (SSSR count). The summed E-state index contributed by atoms with van der Waals surface area (Å²) >= 11 is 0. The van der Waals surface area contributed by atoms with Crippen molar-refractivity contribution in [2.75, 3.05) is 0 Å². The summed E-state index contributed by atoms with van der Waals surface area (Å²) in [7, 11) is -2.09. The van der Waals surface area contributed by atoms with E-state index in [0.29, 0.717) is 5.69 Å². The van der Waals surface area contributed by atoms with Crippen LogP contribution in [0.5, 0.6) is 0 Å². The van der Waals surface area contributed by atoms with Crippen LogP contribution >= 0.6 is 0 Å². The van der Waals surface area contributed by atoms with Crippen LogP contribution in [-0.4, -0.2) is 23.2 Å². The number of aryl methyl sites for hydroxylation is 1. The van der Waals surface area contributed by atoms with Gasteiger partial charge in [-0.2, -0.15) is 5.10 Å². The Morgan fingerprint density at radius 1 is 1.44 bits per heavy atom. The van der Waals surface area contributed by atoms with Crippen molar-refractivity contribution in [1.29, 1.82) is 0 Å². The number of aromatic amines is 1. The lowest BCUT2D eigenvalue weighted by Gasteiger charge is -2.03. The first-order chi connectivity index (χ1) is 8.49. The largest absolute Gasteiger partial charge is 0.366 e. The Bertz CT molecular complexity index is 702. The number of sulfonamides is 1. The van der Waals surface area contributed by atoms with Gasteiger partial charge in [0.05, 0.1) is 12.2 Å². The molecule has 7 nitrogen and oxygen atoms in total. The molecular weight excluding hydrogens is 256 g/mol. The maximum Gasteiger partial charge on any atom is 0.246 e. The summed E-state index contributed by atoms with van der Waals surface area (Å²) in [5.41, 5.74) is 0.0238. The minimum absolute atomic E-state index is 0.0392. The standard InChI is InChI=1S/C10H12N4O3S/c1-14-5-3-8(13-14)6-12-18(16,17)10-7-11-4-2-9(10)15/h2-5,7,12H,6H2,1H3,(H,11,15). The van der Waals surface area contributed by atoms with Crippen LogP contribution in [0.4, 0.5) is 0 Å². The summed E-state index contributed by atoms with van der Waals surface area (Å²) in [6, 6.07) is 2.85. The lowest BCUT2D eigenvalue weighted by molar-refractivity contribution is 0.578. The van der Waals surface area contributed by atoms with E-state index in [4.69, 9.17) is 0 Å². The topological polar surface area (TPSA) is 96.9 Å². The van der Waals surface area contributed by atoms with E-state index < -0.39 is 15.5 Å². The fraction of sp³-hybridized carbons (Fsp3) is 0.200. The third-order valence-corrected chi connectivity index (χ3v) is 3.71. The molecule has 2 N–H and O–H groups in total. The lowest BCUT2D eigenvalue weighted by Crippen LogP contribution is -2.28. The Morgan fingerprint density at radius 2 is 2.22 bits per heavy atom. The van der Waals surface area contributed by atoms with Gasteiger partial charge < -0.3 is 4.98 Å². The molecular formula is C10H12N4O3S. The highest BCUT2D eigenvalue weighted by molar-refractivity contribution is 7.89. The highest BCUT2D eigenvalue weighted by atomic mass is 32.2. The molecule has 8 heteroatoms. The van der Waals surface area contributed by atoms with Gasteiger partial charge in [0.1, 0.15) is 4.90 Å². The lowest BCUT2D eigenvalue weighted by atomic mass is 10.4. The second kappa shape index (κ2) is 4.75. The number of hydrogen-bond acceptors (Lipinski definition) is 4. The number of nitrogens with zero attached hydrogens (tertiary/aromatic N) is 2.